The van der Waals surface area contributed by atoms with E-state index >= 15 is 0 Å². The number of nitrogens with zero attached hydrogens (tertiary/aromatic N) is 1. The second-order valence-electron chi connectivity index (χ2n) is 3.86. The van der Waals surface area contributed by atoms with Gasteiger partial charge in [0.2, 0.25) is 0 Å². The molecule has 0 radical (unpaired) electrons. The minimum Gasteiger partial charge on any atom is -0.368 e. The topological polar surface area (TPSA) is 24.4 Å². The van der Waals surface area contributed by atoms with Gasteiger partial charge < -0.3 is 5.32 Å². The van der Waals surface area contributed by atoms with E-state index in [1.165, 1.54) is 16.3 Å². The molecule has 1 aliphatic heterocycles. The monoisotopic (exact) mass is 274 g/mol. The molecule has 0 aliphatic carbocycles. The maximum atomic E-state index is 4.43. The molecule has 0 aromatic heterocycles. The average molecular weight is 275 g/mol. The molecule has 1 aliphatic rings. The number of aliphatic imine (C=N–C) groups is 1. The van der Waals surface area contributed by atoms with Gasteiger partial charge in [0.25, 0.3) is 0 Å². The van der Waals surface area contributed by atoms with E-state index in [4.69, 9.17) is 0 Å². The van der Waals surface area contributed by atoms with E-state index in [1.807, 2.05) is 0 Å². The fraction of sp³-hybridized carbons (Fsp3) is 0.154. The highest BCUT2D eigenvalue weighted by atomic mass is 79.9. The molecular formula is C13H11BrN2. The summed E-state index contributed by atoms with van der Waals surface area (Å²) in [6.07, 6.45) is 0. The second-order valence-corrected chi connectivity index (χ2v) is 4.78. The van der Waals surface area contributed by atoms with Gasteiger partial charge in [-0.05, 0) is 29.0 Å². The van der Waals surface area contributed by atoms with Crippen LogP contribution in [-0.2, 0) is 0 Å². The molecule has 1 heterocycles. The predicted octanol–water partition coefficient (Wildman–Crippen LogP) is 2.95. The quantitative estimate of drug-likeness (QED) is 0.850. The number of nitrogens with one attached hydrogen (secondary N) is 1. The van der Waals surface area contributed by atoms with Gasteiger partial charge in [0.05, 0.1) is 6.54 Å². The predicted molar refractivity (Wildman–Crippen MR) is 71.1 cm³/mol. The molecule has 0 saturated carbocycles. The van der Waals surface area contributed by atoms with Gasteiger partial charge in [-0.3, -0.25) is 4.99 Å². The first-order valence-corrected chi connectivity index (χ1v) is 6.10. The Kier molecular flexibility index (Phi) is 2.40. The van der Waals surface area contributed by atoms with E-state index in [1.54, 1.807) is 0 Å². The van der Waals surface area contributed by atoms with Crippen molar-refractivity contribution in [2.45, 2.75) is 0 Å². The Hall–Kier alpha value is -1.35. The third kappa shape index (κ3) is 1.71. The molecule has 0 unspecified atom stereocenters. The van der Waals surface area contributed by atoms with Crippen LogP contribution >= 0.6 is 15.9 Å². The maximum absolute atomic E-state index is 4.43. The number of hydrogen-bond acceptors (Lipinski definition) is 2. The normalized spacial score (nSPS) is 14.9. The van der Waals surface area contributed by atoms with Crippen LogP contribution in [0.4, 0.5) is 0 Å². The third-order valence-corrected chi connectivity index (χ3v) is 3.24. The highest BCUT2D eigenvalue weighted by Gasteiger charge is 2.08. The van der Waals surface area contributed by atoms with Gasteiger partial charge in [0.1, 0.15) is 5.84 Å². The number of hydrogen-bond donors (Lipinski definition) is 1. The molecule has 0 fully saturated rings. The van der Waals surface area contributed by atoms with Gasteiger partial charge in [0.15, 0.2) is 0 Å². The number of halogens is 1. The number of rotatable bonds is 1. The van der Waals surface area contributed by atoms with Crippen LogP contribution in [0.15, 0.2) is 45.9 Å². The van der Waals surface area contributed by atoms with Crippen LogP contribution in [0.1, 0.15) is 5.56 Å². The summed E-state index contributed by atoms with van der Waals surface area (Å²) in [7, 11) is 0. The van der Waals surface area contributed by atoms with Crippen LogP contribution in [0.3, 0.4) is 0 Å². The van der Waals surface area contributed by atoms with Crippen molar-refractivity contribution in [1.29, 1.82) is 0 Å². The van der Waals surface area contributed by atoms with Crippen LogP contribution in [0.2, 0.25) is 0 Å². The molecule has 3 rings (SSSR count). The standard InChI is InChI=1S/C13H11BrN2/c14-12-4-3-9-1-2-10(7-11(9)8-12)13-15-5-6-16-13/h1-4,7-8H,5-6H2,(H,15,16). The molecule has 2 aromatic carbocycles. The summed E-state index contributed by atoms with van der Waals surface area (Å²) >= 11 is 3.49. The smallest absolute Gasteiger partial charge is 0.128 e. The van der Waals surface area contributed by atoms with Crippen molar-refractivity contribution in [2.75, 3.05) is 13.1 Å². The Morgan fingerprint density at radius 2 is 1.94 bits per heavy atom. The molecule has 0 saturated heterocycles. The minimum atomic E-state index is 0.881. The molecule has 2 nitrogen and oxygen atoms in total. The van der Waals surface area contributed by atoms with Crippen molar-refractivity contribution in [3.8, 4) is 0 Å². The summed E-state index contributed by atoms with van der Waals surface area (Å²) in [6, 6.07) is 12.7. The first-order valence-electron chi connectivity index (χ1n) is 5.31. The minimum absolute atomic E-state index is 0.881. The number of benzene rings is 2. The zero-order chi connectivity index (χ0) is 11.0. The van der Waals surface area contributed by atoms with Gasteiger partial charge in [-0.1, -0.05) is 34.1 Å². The summed E-state index contributed by atoms with van der Waals surface area (Å²) in [5.74, 6) is 1.02. The van der Waals surface area contributed by atoms with Crippen LogP contribution in [0, 0.1) is 0 Å². The molecule has 3 heteroatoms. The van der Waals surface area contributed by atoms with Crippen molar-refractivity contribution in [2.24, 2.45) is 4.99 Å². The summed E-state index contributed by atoms with van der Waals surface area (Å²) in [4.78, 5) is 4.43. The first-order chi connectivity index (χ1) is 7.83. The van der Waals surface area contributed by atoms with E-state index in [0.717, 1.165) is 23.4 Å². The van der Waals surface area contributed by atoms with Gasteiger partial charge in [-0.25, -0.2) is 0 Å². The summed E-state index contributed by atoms with van der Waals surface area (Å²) in [6.45, 7) is 1.83. The molecule has 80 valence electrons. The molecule has 2 aromatic rings. The van der Waals surface area contributed by atoms with Crippen LogP contribution < -0.4 is 5.32 Å². The molecule has 0 bridgehead atoms. The SMILES string of the molecule is Brc1ccc2ccc(C3=NCCN3)cc2c1. The molecular weight excluding hydrogens is 264 g/mol. The fourth-order valence-electron chi connectivity index (χ4n) is 1.96. The maximum Gasteiger partial charge on any atom is 0.128 e. The molecule has 0 atom stereocenters. The number of amidine groups is 1. The number of fused-ring (bicyclic) bond motifs is 1. The molecule has 1 N–H and O–H groups in total. The van der Waals surface area contributed by atoms with Gasteiger partial charge in [-0.15, -0.1) is 0 Å². The Morgan fingerprint density at radius 1 is 1.06 bits per heavy atom. The average Bonchev–Trinajstić information content (AvgIpc) is 2.81. The highest BCUT2D eigenvalue weighted by molar-refractivity contribution is 9.10. The van der Waals surface area contributed by atoms with E-state index in [2.05, 4.69) is 62.6 Å². The van der Waals surface area contributed by atoms with Crippen LogP contribution in [0.5, 0.6) is 0 Å². The van der Waals surface area contributed by atoms with Crippen molar-refractivity contribution in [3.05, 3.63) is 46.4 Å². The van der Waals surface area contributed by atoms with E-state index in [-0.39, 0.29) is 0 Å². The third-order valence-electron chi connectivity index (χ3n) is 2.75. The summed E-state index contributed by atoms with van der Waals surface area (Å²) in [5, 5.41) is 5.78. The van der Waals surface area contributed by atoms with Crippen molar-refractivity contribution in [1.82, 2.24) is 5.32 Å². The Morgan fingerprint density at radius 3 is 2.75 bits per heavy atom. The Balaban J connectivity index is 2.14. The van der Waals surface area contributed by atoms with E-state index in [0.29, 0.717) is 0 Å². The van der Waals surface area contributed by atoms with Crippen LogP contribution in [-0.4, -0.2) is 18.9 Å². The molecule has 16 heavy (non-hydrogen) atoms. The first kappa shape index (κ1) is 9.85. The van der Waals surface area contributed by atoms with Crippen molar-refractivity contribution < 1.29 is 0 Å². The molecule has 0 spiro atoms. The van der Waals surface area contributed by atoms with Gasteiger partial charge in [0, 0.05) is 16.6 Å². The lowest BCUT2D eigenvalue weighted by atomic mass is 10.1. The Labute approximate surface area is 103 Å². The van der Waals surface area contributed by atoms with Gasteiger partial charge >= 0.3 is 0 Å². The highest BCUT2D eigenvalue weighted by Crippen LogP contribution is 2.21. The fourth-order valence-corrected chi connectivity index (χ4v) is 2.33. The van der Waals surface area contributed by atoms with Gasteiger partial charge in [-0.2, -0.15) is 0 Å². The Bertz CT molecular complexity index is 575. The van der Waals surface area contributed by atoms with Crippen LogP contribution in [0.25, 0.3) is 10.8 Å². The van der Waals surface area contributed by atoms with Crippen molar-refractivity contribution >= 4 is 32.5 Å². The largest absolute Gasteiger partial charge is 0.368 e. The van der Waals surface area contributed by atoms with Crippen molar-refractivity contribution in [3.63, 3.8) is 0 Å². The van der Waals surface area contributed by atoms with E-state index < -0.39 is 0 Å². The molecule has 0 amide bonds. The lowest BCUT2D eigenvalue weighted by Gasteiger charge is -2.04. The zero-order valence-corrected chi connectivity index (χ0v) is 10.3. The van der Waals surface area contributed by atoms with E-state index in [9.17, 15) is 0 Å². The lowest BCUT2D eigenvalue weighted by molar-refractivity contribution is 0.960. The zero-order valence-electron chi connectivity index (χ0n) is 8.70. The summed E-state index contributed by atoms with van der Waals surface area (Å²) < 4.78 is 1.11. The lowest BCUT2D eigenvalue weighted by Crippen LogP contribution is -2.19. The second kappa shape index (κ2) is 3.91. The summed E-state index contributed by atoms with van der Waals surface area (Å²) in [5.41, 5.74) is 1.17.